The minimum absolute atomic E-state index is 0.0406. The maximum atomic E-state index is 12.4. The number of ether oxygens (including phenoxy) is 1. The van der Waals surface area contributed by atoms with Crippen molar-refractivity contribution < 1.29 is 29.3 Å². The zero-order chi connectivity index (χ0) is 24.8. The number of aliphatic carboxylic acids is 1. The number of rotatable bonds is 9. The lowest BCUT2D eigenvalue weighted by molar-refractivity contribution is -0.139. The van der Waals surface area contributed by atoms with E-state index in [4.69, 9.17) is 9.84 Å². The summed E-state index contributed by atoms with van der Waals surface area (Å²) in [6, 6.07) is 19.4. The molecular formula is C26H25N3O6. The first-order valence-corrected chi connectivity index (χ1v) is 11.1. The summed E-state index contributed by atoms with van der Waals surface area (Å²) in [5, 5.41) is 23.2. The van der Waals surface area contributed by atoms with E-state index in [1.807, 2.05) is 36.4 Å². The van der Waals surface area contributed by atoms with Gasteiger partial charge in [0.15, 0.2) is 0 Å². The summed E-state index contributed by atoms with van der Waals surface area (Å²) in [5.74, 6) is -1.59. The van der Waals surface area contributed by atoms with Gasteiger partial charge < -0.3 is 20.3 Å². The van der Waals surface area contributed by atoms with Gasteiger partial charge in [0.1, 0.15) is 6.61 Å². The summed E-state index contributed by atoms with van der Waals surface area (Å²) < 4.78 is 5.51. The minimum Gasteiger partial charge on any atom is -0.481 e. The third-order valence-electron chi connectivity index (χ3n) is 5.70. The van der Waals surface area contributed by atoms with Crippen molar-refractivity contribution in [2.24, 2.45) is 0 Å². The smallest absolute Gasteiger partial charge is 0.411 e. The van der Waals surface area contributed by atoms with Crippen molar-refractivity contribution in [2.75, 3.05) is 18.5 Å². The van der Waals surface area contributed by atoms with Crippen LogP contribution in [0.3, 0.4) is 0 Å². The highest BCUT2D eigenvalue weighted by atomic mass is 16.5. The summed E-state index contributed by atoms with van der Waals surface area (Å²) in [4.78, 5) is 39.0. The fourth-order valence-electron chi connectivity index (χ4n) is 4.09. The number of aromatic nitrogens is 1. The minimum atomic E-state index is -1.16. The van der Waals surface area contributed by atoms with E-state index >= 15 is 0 Å². The number of hydrogen-bond acceptors (Lipinski definition) is 6. The van der Waals surface area contributed by atoms with Gasteiger partial charge in [-0.1, -0.05) is 48.5 Å². The third kappa shape index (κ3) is 6.01. The highest BCUT2D eigenvalue weighted by Gasteiger charge is 2.29. The molecule has 4 rings (SSSR count). The quantitative estimate of drug-likeness (QED) is 0.373. The van der Waals surface area contributed by atoms with Crippen LogP contribution in [0.5, 0.6) is 0 Å². The number of fused-ring (bicyclic) bond motifs is 3. The molecule has 0 spiro atoms. The maximum absolute atomic E-state index is 12.4. The molecule has 0 aliphatic heterocycles. The van der Waals surface area contributed by atoms with Gasteiger partial charge in [0, 0.05) is 18.2 Å². The van der Waals surface area contributed by atoms with E-state index in [0.29, 0.717) is 11.4 Å². The van der Waals surface area contributed by atoms with E-state index in [1.54, 1.807) is 12.1 Å². The average Bonchev–Trinajstić information content (AvgIpc) is 3.16. The number of carbonyl (C=O) groups excluding carboxylic acids is 2. The van der Waals surface area contributed by atoms with Crippen LogP contribution in [0.2, 0.25) is 0 Å². The van der Waals surface area contributed by atoms with Crippen molar-refractivity contribution in [2.45, 2.75) is 24.9 Å². The molecule has 0 fully saturated rings. The number of benzene rings is 2. The molecule has 1 aliphatic rings. The Morgan fingerprint density at radius 3 is 2.23 bits per heavy atom. The topological polar surface area (TPSA) is 138 Å². The molecule has 0 saturated heterocycles. The van der Waals surface area contributed by atoms with E-state index in [9.17, 15) is 19.5 Å². The molecule has 9 heteroatoms. The summed E-state index contributed by atoms with van der Waals surface area (Å²) in [6.07, 6.45) is -0.844. The number of aliphatic hydroxyl groups excluding tert-OH is 1. The van der Waals surface area contributed by atoms with Gasteiger partial charge in [-0.15, -0.1) is 0 Å². The van der Waals surface area contributed by atoms with Gasteiger partial charge >= 0.3 is 12.1 Å². The zero-order valence-electron chi connectivity index (χ0n) is 18.8. The molecule has 1 unspecified atom stereocenters. The first-order chi connectivity index (χ1) is 16.9. The maximum Gasteiger partial charge on any atom is 0.411 e. The summed E-state index contributed by atoms with van der Waals surface area (Å²) >= 11 is 0. The van der Waals surface area contributed by atoms with Crippen LogP contribution < -0.4 is 10.6 Å². The van der Waals surface area contributed by atoms with Gasteiger partial charge in [0.25, 0.3) is 0 Å². The molecule has 1 aliphatic carbocycles. The fraction of sp³-hybridized carbons (Fsp3) is 0.231. The third-order valence-corrected chi connectivity index (χ3v) is 5.70. The lowest BCUT2D eigenvalue weighted by Gasteiger charge is -2.14. The number of nitrogens with zero attached hydrogens (tertiary/aromatic N) is 1. The average molecular weight is 476 g/mol. The molecule has 180 valence electrons. The van der Waals surface area contributed by atoms with E-state index in [-0.39, 0.29) is 25.5 Å². The Kier molecular flexibility index (Phi) is 7.37. The van der Waals surface area contributed by atoms with Gasteiger partial charge in [-0.3, -0.25) is 19.9 Å². The Hall–Kier alpha value is -4.24. The number of nitrogens with one attached hydrogen (secondary N) is 2. The molecule has 1 aromatic heterocycles. The van der Waals surface area contributed by atoms with Crippen molar-refractivity contribution in [3.8, 4) is 11.1 Å². The number of hydrogen-bond donors (Lipinski definition) is 4. The summed E-state index contributed by atoms with van der Waals surface area (Å²) in [6.45, 7) is 0.0336. The molecule has 0 bridgehead atoms. The van der Waals surface area contributed by atoms with Gasteiger partial charge in [-0.05, 0) is 34.4 Å². The van der Waals surface area contributed by atoms with Gasteiger partial charge in [0.05, 0.1) is 30.8 Å². The first-order valence-electron chi connectivity index (χ1n) is 11.1. The Balaban J connectivity index is 1.27. The molecule has 3 aromatic rings. The molecule has 2 amide bonds. The van der Waals surface area contributed by atoms with Crippen LogP contribution in [0.15, 0.2) is 66.9 Å². The number of amides is 2. The van der Waals surface area contributed by atoms with Crippen LogP contribution in [0.25, 0.3) is 11.1 Å². The number of carboxylic acid groups (broad SMARTS) is 1. The van der Waals surface area contributed by atoms with E-state index < -0.39 is 30.5 Å². The Bertz CT molecular complexity index is 1180. The highest BCUT2D eigenvalue weighted by Crippen LogP contribution is 2.44. The van der Waals surface area contributed by atoms with Crippen molar-refractivity contribution in [1.82, 2.24) is 10.3 Å². The molecular weight excluding hydrogens is 450 g/mol. The Labute approximate surface area is 201 Å². The normalized spacial score (nSPS) is 12.8. The molecule has 0 saturated carbocycles. The molecule has 35 heavy (non-hydrogen) atoms. The molecule has 2 aromatic carbocycles. The van der Waals surface area contributed by atoms with Crippen LogP contribution in [0.1, 0.15) is 29.2 Å². The van der Waals surface area contributed by atoms with E-state index in [0.717, 1.165) is 22.3 Å². The van der Waals surface area contributed by atoms with Gasteiger partial charge in [-0.25, -0.2) is 4.79 Å². The van der Waals surface area contributed by atoms with Crippen molar-refractivity contribution in [3.05, 3.63) is 83.7 Å². The highest BCUT2D eigenvalue weighted by molar-refractivity contribution is 5.85. The molecule has 9 nitrogen and oxygen atoms in total. The van der Waals surface area contributed by atoms with Crippen LogP contribution in [0, 0.1) is 0 Å². The Morgan fingerprint density at radius 2 is 1.63 bits per heavy atom. The lowest BCUT2D eigenvalue weighted by atomic mass is 9.98. The van der Waals surface area contributed by atoms with Gasteiger partial charge in [0.2, 0.25) is 5.91 Å². The van der Waals surface area contributed by atoms with Crippen LogP contribution >= 0.6 is 0 Å². The van der Waals surface area contributed by atoms with Crippen LogP contribution in [0.4, 0.5) is 10.5 Å². The number of pyridine rings is 1. The Morgan fingerprint density at radius 1 is 0.971 bits per heavy atom. The van der Waals surface area contributed by atoms with Gasteiger partial charge in [-0.2, -0.15) is 0 Å². The summed E-state index contributed by atoms with van der Waals surface area (Å²) in [7, 11) is 0. The standard InChI is InChI=1S/C26H25N3O6/c30-18(12-25(32)33)14-28-24(31)11-16-9-10-17(13-27-16)29-26(34)35-15-23-21-7-3-1-5-19(21)20-6-2-4-8-22(20)23/h1-10,13,18,23,30H,11-12,14-15H2,(H,28,31)(H,29,34)(H,32,33). The molecule has 0 radical (unpaired) electrons. The fourth-order valence-corrected chi connectivity index (χ4v) is 4.09. The number of carbonyl (C=O) groups is 3. The largest absolute Gasteiger partial charge is 0.481 e. The lowest BCUT2D eigenvalue weighted by Crippen LogP contribution is -2.34. The monoisotopic (exact) mass is 475 g/mol. The predicted molar refractivity (Wildman–Crippen MR) is 128 cm³/mol. The molecule has 4 N–H and O–H groups in total. The second-order valence-electron chi connectivity index (χ2n) is 8.22. The molecule has 1 heterocycles. The number of anilines is 1. The zero-order valence-corrected chi connectivity index (χ0v) is 18.8. The first kappa shape index (κ1) is 23.9. The predicted octanol–water partition coefficient (Wildman–Crippen LogP) is 2.94. The molecule has 1 atom stereocenters. The van der Waals surface area contributed by atoms with Crippen LogP contribution in [-0.4, -0.2) is 52.4 Å². The SMILES string of the molecule is O=C(O)CC(O)CNC(=O)Cc1ccc(NC(=O)OCC2c3ccccc3-c3ccccc32)cn1. The number of aliphatic hydroxyl groups is 1. The van der Waals surface area contributed by atoms with Crippen molar-refractivity contribution in [1.29, 1.82) is 0 Å². The second kappa shape index (κ2) is 10.8. The summed E-state index contributed by atoms with van der Waals surface area (Å²) in [5.41, 5.74) is 5.42. The van der Waals surface area contributed by atoms with E-state index in [1.165, 1.54) is 6.20 Å². The van der Waals surface area contributed by atoms with Crippen molar-refractivity contribution in [3.63, 3.8) is 0 Å². The number of carboxylic acids is 1. The van der Waals surface area contributed by atoms with E-state index in [2.05, 4.69) is 27.8 Å². The van der Waals surface area contributed by atoms with Crippen molar-refractivity contribution >= 4 is 23.7 Å². The van der Waals surface area contributed by atoms with Crippen LogP contribution in [-0.2, 0) is 20.7 Å². The second-order valence-corrected chi connectivity index (χ2v) is 8.22.